The van der Waals surface area contributed by atoms with E-state index < -0.39 is 0 Å². The van der Waals surface area contributed by atoms with Gasteiger partial charge in [-0.2, -0.15) is 0 Å². The first-order chi connectivity index (χ1) is 13.1. The van der Waals surface area contributed by atoms with Crippen LogP contribution in [0.5, 0.6) is 0 Å². The van der Waals surface area contributed by atoms with Gasteiger partial charge in [0.05, 0.1) is 23.3 Å². The van der Waals surface area contributed by atoms with E-state index in [1.807, 2.05) is 19.4 Å². The molecule has 0 bridgehead atoms. The number of hydrogen-bond acceptors (Lipinski definition) is 5. The van der Waals surface area contributed by atoms with Gasteiger partial charge in [0.15, 0.2) is 0 Å². The predicted molar refractivity (Wildman–Crippen MR) is 105 cm³/mol. The molecule has 27 heavy (non-hydrogen) atoms. The Bertz CT molecular complexity index is 958. The van der Waals surface area contributed by atoms with Crippen LogP contribution in [0.1, 0.15) is 30.1 Å². The summed E-state index contributed by atoms with van der Waals surface area (Å²) in [5.41, 5.74) is 1.35. The smallest absolute Gasteiger partial charge is 0.124 e. The number of piperidine rings is 1. The molecule has 3 heterocycles. The highest BCUT2D eigenvalue weighted by Crippen LogP contribution is 2.56. The van der Waals surface area contributed by atoms with Crippen LogP contribution in [0.4, 0.5) is 4.39 Å². The van der Waals surface area contributed by atoms with Crippen LogP contribution in [0, 0.1) is 11.2 Å². The lowest BCUT2D eigenvalue weighted by Crippen LogP contribution is -2.36. The molecule has 1 unspecified atom stereocenters. The molecule has 0 amide bonds. The fourth-order valence-electron chi connectivity index (χ4n) is 4.50. The minimum Gasteiger partial charge on any atom is -0.337 e. The van der Waals surface area contributed by atoms with Crippen molar-refractivity contribution in [2.75, 3.05) is 13.1 Å². The summed E-state index contributed by atoms with van der Waals surface area (Å²) >= 11 is 1.60. The maximum atomic E-state index is 13.5. The Morgan fingerprint density at radius 3 is 2.96 bits per heavy atom. The Morgan fingerprint density at radius 1 is 1.33 bits per heavy atom. The van der Waals surface area contributed by atoms with Crippen molar-refractivity contribution in [2.24, 2.45) is 12.5 Å². The number of imidazole rings is 1. The van der Waals surface area contributed by atoms with Crippen molar-refractivity contribution in [2.45, 2.75) is 38.4 Å². The number of nitrogens with zero attached hydrogens (tertiary/aromatic N) is 4. The Hall–Kier alpha value is -1.83. The quantitative estimate of drug-likeness (QED) is 0.732. The standard InChI is InChI=1S/C20H24FN5S/c1-25-9-8-23-18(25)12-26(17-11-20(17)4-6-22-7-5-20)13-19-24-15-3-2-14(21)10-16(15)27-19/h2-3,8-10,17,22H,4-7,11-13H2,1H3. The maximum Gasteiger partial charge on any atom is 0.124 e. The third-order valence-electron chi connectivity index (χ3n) is 6.19. The molecular weight excluding hydrogens is 361 g/mol. The van der Waals surface area contributed by atoms with Crippen LogP contribution in [0.15, 0.2) is 30.6 Å². The zero-order chi connectivity index (χ0) is 18.4. The second kappa shape index (κ2) is 6.65. The van der Waals surface area contributed by atoms with E-state index in [2.05, 4.69) is 19.8 Å². The van der Waals surface area contributed by atoms with Crippen LogP contribution in [-0.2, 0) is 20.1 Å². The number of aromatic nitrogens is 3. The van der Waals surface area contributed by atoms with Gasteiger partial charge in [0.2, 0.25) is 0 Å². The number of thiazole rings is 1. The number of benzene rings is 1. The van der Waals surface area contributed by atoms with Crippen molar-refractivity contribution >= 4 is 21.6 Å². The average Bonchev–Trinajstić information content (AvgIpc) is 2.98. The van der Waals surface area contributed by atoms with Gasteiger partial charge in [0.1, 0.15) is 16.6 Å². The van der Waals surface area contributed by atoms with Gasteiger partial charge in [-0.15, -0.1) is 11.3 Å². The zero-order valence-corrected chi connectivity index (χ0v) is 16.3. The van der Waals surface area contributed by atoms with Crippen molar-refractivity contribution in [3.63, 3.8) is 0 Å². The number of nitrogens with one attached hydrogen (secondary N) is 1. The number of hydrogen-bond donors (Lipinski definition) is 1. The molecule has 1 aliphatic carbocycles. The van der Waals surface area contributed by atoms with E-state index >= 15 is 0 Å². The lowest BCUT2D eigenvalue weighted by molar-refractivity contribution is 0.182. The number of rotatable bonds is 5. The summed E-state index contributed by atoms with van der Waals surface area (Å²) < 4.78 is 16.6. The Morgan fingerprint density at radius 2 is 2.19 bits per heavy atom. The third kappa shape index (κ3) is 3.28. The van der Waals surface area contributed by atoms with Gasteiger partial charge in [-0.05, 0) is 56.0 Å². The van der Waals surface area contributed by atoms with Crippen LogP contribution in [0.3, 0.4) is 0 Å². The molecule has 7 heteroatoms. The number of halogens is 1. The highest BCUT2D eigenvalue weighted by atomic mass is 32.1. The summed E-state index contributed by atoms with van der Waals surface area (Å²) in [6, 6.07) is 5.44. The number of aryl methyl sites for hydroxylation is 1. The fraction of sp³-hybridized carbons (Fsp3) is 0.500. The SMILES string of the molecule is Cn1ccnc1CN(Cc1nc2ccc(F)cc2s1)C1CC12CCNCC2. The Balaban J connectivity index is 1.41. The average molecular weight is 386 g/mol. The van der Waals surface area contributed by atoms with Crippen LogP contribution >= 0.6 is 11.3 Å². The van der Waals surface area contributed by atoms with Crippen molar-refractivity contribution < 1.29 is 4.39 Å². The van der Waals surface area contributed by atoms with Crippen LogP contribution in [0.2, 0.25) is 0 Å². The molecule has 142 valence electrons. The van der Waals surface area contributed by atoms with E-state index in [4.69, 9.17) is 4.98 Å². The van der Waals surface area contributed by atoms with E-state index in [0.29, 0.717) is 11.5 Å². The van der Waals surface area contributed by atoms with Gasteiger partial charge >= 0.3 is 0 Å². The van der Waals surface area contributed by atoms with Crippen molar-refractivity contribution in [3.8, 4) is 0 Å². The second-order valence-corrected chi connectivity index (χ2v) is 9.03. The third-order valence-corrected chi connectivity index (χ3v) is 7.19. The fourth-order valence-corrected chi connectivity index (χ4v) is 5.52. The first kappa shape index (κ1) is 17.3. The first-order valence-corrected chi connectivity index (χ1v) is 10.4. The molecule has 1 aromatic carbocycles. The molecule has 2 fully saturated rings. The van der Waals surface area contributed by atoms with Gasteiger partial charge in [-0.1, -0.05) is 0 Å². The minimum absolute atomic E-state index is 0.196. The molecule has 5 rings (SSSR count). The Labute approximate surface area is 162 Å². The second-order valence-electron chi connectivity index (χ2n) is 7.91. The summed E-state index contributed by atoms with van der Waals surface area (Å²) in [4.78, 5) is 11.8. The van der Waals surface area contributed by atoms with Crippen molar-refractivity contribution in [1.82, 2.24) is 24.8 Å². The topological polar surface area (TPSA) is 46.0 Å². The summed E-state index contributed by atoms with van der Waals surface area (Å²) in [5.74, 6) is 0.886. The maximum absolute atomic E-state index is 13.5. The predicted octanol–water partition coefficient (Wildman–Crippen LogP) is 3.31. The normalized spacial score (nSPS) is 21.4. The van der Waals surface area contributed by atoms with E-state index in [9.17, 15) is 4.39 Å². The first-order valence-electron chi connectivity index (χ1n) is 9.59. The molecule has 2 aromatic heterocycles. The lowest BCUT2D eigenvalue weighted by Gasteiger charge is -2.29. The van der Waals surface area contributed by atoms with Gasteiger partial charge in [-0.25, -0.2) is 14.4 Å². The molecule has 3 aromatic rings. The molecule has 2 aliphatic rings. The van der Waals surface area contributed by atoms with Crippen LogP contribution < -0.4 is 5.32 Å². The summed E-state index contributed by atoms with van der Waals surface area (Å²) in [6.45, 7) is 3.86. The van der Waals surface area contributed by atoms with Gasteiger partial charge in [0, 0.05) is 25.5 Å². The Kier molecular flexibility index (Phi) is 4.26. The van der Waals surface area contributed by atoms with Crippen molar-refractivity contribution in [3.05, 3.63) is 47.2 Å². The van der Waals surface area contributed by atoms with E-state index in [0.717, 1.165) is 47.2 Å². The molecule has 1 atom stereocenters. The molecular formula is C20H24FN5S. The van der Waals surface area contributed by atoms with E-state index in [1.165, 1.54) is 25.3 Å². The van der Waals surface area contributed by atoms with Crippen LogP contribution in [0.25, 0.3) is 10.2 Å². The van der Waals surface area contributed by atoms with Gasteiger partial charge in [-0.3, -0.25) is 4.90 Å². The monoisotopic (exact) mass is 385 g/mol. The number of fused-ring (bicyclic) bond motifs is 1. The highest BCUT2D eigenvalue weighted by Gasteiger charge is 2.56. The van der Waals surface area contributed by atoms with E-state index in [-0.39, 0.29) is 5.82 Å². The molecule has 1 N–H and O–H groups in total. The van der Waals surface area contributed by atoms with Gasteiger partial charge < -0.3 is 9.88 Å². The molecule has 1 spiro atoms. The molecule has 1 saturated carbocycles. The minimum atomic E-state index is -0.196. The highest BCUT2D eigenvalue weighted by molar-refractivity contribution is 7.18. The summed E-state index contributed by atoms with van der Waals surface area (Å²) in [5, 5.41) is 4.54. The summed E-state index contributed by atoms with van der Waals surface area (Å²) in [7, 11) is 2.05. The largest absolute Gasteiger partial charge is 0.337 e. The van der Waals surface area contributed by atoms with Crippen molar-refractivity contribution in [1.29, 1.82) is 0 Å². The molecule has 1 saturated heterocycles. The van der Waals surface area contributed by atoms with E-state index in [1.54, 1.807) is 23.5 Å². The summed E-state index contributed by atoms with van der Waals surface area (Å²) in [6.07, 6.45) is 7.63. The van der Waals surface area contributed by atoms with Crippen LogP contribution in [-0.4, -0.2) is 38.6 Å². The molecule has 0 radical (unpaired) electrons. The zero-order valence-electron chi connectivity index (χ0n) is 15.5. The molecule has 1 aliphatic heterocycles. The lowest BCUT2D eigenvalue weighted by atomic mass is 9.93. The molecule has 5 nitrogen and oxygen atoms in total. The van der Waals surface area contributed by atoms with Gasteiger partial charge in [0.25, 0.3) is 0 Å².